The summed E-state index contributed by atoms with van der Waals surface area (Å²) in [5.74, 6) is 1.01. The minimum absolute atomic E-state index is 0.340. The van der Waals surface area contributed by atoms with Gasteiger partial charge < -0.3 is 10.2 Å². The minimum Gasteiger partial charge on any atom is -0.341 e. The van der Waals surface area contributed by atoms with Gasteiger partial charge in [-0.05, 0) is 44.7 Å². The highest BCUT2D eigenvalue weighted by Gasteiger charge is 2.27. The van der Waals surface area contributed by atoms with E-state index in [0.717, 1.165) is 39.1 Å². The summed E-state index contributed by atoms with van der Waals surface area (Å²) in [4.78, 5) is 16.9. The van der Waals surface area contributed by atoms with Crippen LogP contribution in [-0.2, 0) is 4.79 Å². The molecule has 0 spiro atoms. The molecule has 0 aromatic heterocycles. The van der Waals surface area contributed by atoms with Crippen LogP contribution < -0.4 is 5.32 Å². The maximum Gasteiger partial charge on any atom is 0.236 e. The van der Waals surface area contributed by atoms with Crippen LogP contribution in [0, 0.1) is 5.92 Å². The van der Waals surface area contributed by atoms with Crippen molar-refractivity contribution in [3.8, 4) is 0 Å². The van der Waals surface area contributed by atoms with Crippen molar-refractivity contribution >= 4 is 5.91 Å². The molecular formula is C15H29N3O. The first kappa shape index (κ1) is 14.8. The first-order chi connectivity index (χ1) is 9.20. The summed E-state index contributed by atoms with van der Waals surface area (Å²) >= 11 is 0. The molecule has 2 saturated heterocycles. The third-order valence-corrected chi connectivity index (χ3v) is 4.41. The van der Waals surface area contributed by atoms with Crippen molar-refractivity contribution in [2.75, 3.05) is 39.3 Å². The quantitative estimate of drug-likeness (QED) is 0.816. The maximum atomic E-state index is 12.4. The number of nitrogens with one attached hydrogen (secondary N) is 1. The first-order valence-corrected chi connectivity index (χ1v) is 7.93. The van der Waals surface area contributed by atoms with Gasteiger partial charge in [-0.1, -0.05) is 13.8 Å². The van der Waals surface area contributed by atoms with Crippen LogP contribution in [0.5, 0.6) is 0 Å². The molecule has 2 rings (SSSR count). The fourth-order valence-corrected chi connectivity index (χ4v) is 3.32. The van der Waals surface area contributed by atoms with Crippen LogP contribution in [0.4, 0.5) is 0 Å². The van der Waals surface area contributed by atoms with E-state index in [1.165, 1.54) is 19.3 Å². The highest BCUT2D eigenvalue weighted by molar-refractivity contribution is 5.78. The molecular weight excluding hydrogens is 238 g/mol. The standard InChI is InChI=1S/C15H29N3O/c1-3-8-17(14-6-7-16-10-14)12-15(19)18-9-4-5-13(2)11-18/h13-14,16H,3-12H2,1-2H3. The number of likely N-dealkylation sites (tertiary alicyclic amines) is 1. The van der Waals surface area contributed by atoms with Gasteiger partial charge in [-0.3, -0.25) is 9.69 Å². The van der Waals surface area contributed by atoms with Gasteiger partial charge in [0.15, 0.2) is 0 Å². The molecule has 1 amide bonds. The highest BCUT2D eigenvalue weighted by Crippen LogP contribution is 2.16. The number of nitrogens with zero attached hydrogens (tertiary/aromatic N) is 2. The first-order valence-electron chi connectivity index (χ1n) is 7.93. The van der Waals surface area contributed by atoms with Crippen molar-refractivity contribution in [3.05, 3.63) is 0 Å². The SMILES string of the molecule is CCCN(CC(=O)N1CCCC(C)C1)C1CCNC1. The van der Waals surface area contributed by atoms with Crippen LogP contribution >= 0.6 is 0 Å². The maximum absolute atomic E-state index is 12.4. The summed E-state index contributed by atoms with van der Waals surface area (Å²) in [6.07, 6.45) is 4.75. The van der Waals surface area contributed by atoms with Gasteiger partial charge in [0.05, 0.1) is 6.54 Å². The number of amides is 1. The van der Waals surface area contributed by atoms with Gasteiger partial charge in [0.25, 0.3) is 0 Å². The van der Waals surface area contributed by atoms with E-state index in [0.29, 0.717) is 24.4 Å². The Labute approximate surface area is 117 Å². The van der Waals surface area contributed by atoms with Crippen molar-refractivity contribution < 1.29 is 4.79 Å². The third-order valence-electron chi connectivity index (χ3n) is 4.41. The number of hydrogen-bond acceptors (Lipinski definition) is 3. The normalized spacial score (nSPS) is 28.1. The van der Waals surface area contributed by atoms with Gasteiger partial charge >= 0.3 is 0 Å². The van der Waals surface area contributed by atoms with E-state index in [9.17, 15) is 4.79 Å². The Kier molecular flexibility index (Phi) is 5.64. The average Bonchev–Trinajstić information content (AvgIpc) is 2.92. The zero-order chi connectivity index (χ0) is 13.7. The van der Waals surface area contributed by atoms with E-state index in [4.69, 9.17) is 0 Å². The summed E-state index contributed by atoms with van der Waals surface area (Å²) in [6.45, 7) is 10.2. The van der Waals surface area contributed by atoms with Crippen LogP contribution in [-0.4, -0.2) is 61.0 Å². The molecule has 2 atom stereocenters. The summed E-state index contributed by atoms with van der Waals surface area (Å²) in [6, 6.07) is 0.561. The fraction of sp³-hybridized carbons (Fsp3) is 0.933. The summed E-state index contributed by atoms with van der Waals surface area (Å²) in [7, 11) is 0. The molecule has 0 aromatic rings. The lowest BCUT2D eigenvalue weighted by Crippen LogP contribution is -2.48. The second-order valence-corrected chi connectivity index (χ2v) is 6.20. The van der Waals surface area contributed by atoms with Crippen LogP contribution in [0.2, 0.25) is 0 Å². The Morgan fingerprint density at radius 1 is 1.42 bits per heavy atom. The second kappa shape index (κ2) is 7.25. The van der Waals surface area contributed by atoms with Gasteiger partial charge in [0, 0.05) is 25.7 Å². The largest absolute Gasteiger partial charge is 0.341 e. The van der Waals surface area contributed by atoms with E-state index < -0.39 is 0 Å². The lowest BCUT2D eigenvalue weighted by molar-refractivity contribution is -0.134. The van der Waals surface area contributed by atoms with Gasteiger partial charge in [-0.2, -0.15) is 0 Å². The molecule has 2 fully saturated rings. The monoisotopic (exact) mass is 267 g/mol. The second-order valence-electron chi connectivity index (χ2n) is 6.20. The Bertz CT molecular complexity index is 289. The van der Waals surface area contributed by atoms with E-state index in [1.807, 2.05) is 0 Å². The molecule has 1 N–H and O–H groups in total. The Hall–Kier alpha value is -0.610. The number of hydrogen-bond donors (Lipinski definition) is 1. The van der Waals surface area contributed by atoms with Crippen LogP contribution in [0.15, 0.2) is 0 Å². The number of rotatable bonds is 5. The predicted molar refractivity (Wildman–Crippen MR) is 78.1 cm³/mol. The Morgan fingerprint density at radius 3 is 2.89 bits per heavy atom. The minimum atomic E-state index is 0.340. The summed E-state index contributed by atoms with van der Waals surface area (Å²) in [5, 5.41) is 3.40. The molecule has 0 bridgehead atoms. The third kappa shape index (κ3) is 4.18. The molecule has 0 saturated carbocycles. The van der Waals surface area contributed by atoms with Crippen LogP contribution in [0.3, 0.4) is 0 Å². The van der Waals surface area contributed by atoms with Gasteiger partial charge in [0.1, 0.15) is 0 Å². The Morgan fingerprint density at radius 2 is 2.26 bits per heavy atom. The van der Waals surface area contributed by atoms with Crippen LogP contribution in [0.1, 0.15) is 39.5 Å². The molecule has 2 unspecified atom stereocenters. The molecule has 0 aliphatic carbocycles. The van der Waals surface area contributed by atoms with Gasteiger partial charge in [-0.15, -0.1) is 0 Å². The van der Waals surface area contributed by atoms with Gasteiger partial charge in [0.2, 0.25) is 5.91 Å². The smallest absolute Gasteiger partial charge is 0.236 e. The fourth-order valence-electron chi connectivity index (χ4n) is 3.32. The van der Waals surface area contributed by atoms with Crippen molar-refractivity contribution in [1.29, 1.82) is 0 Å². The topological polar surface area (TPSA) is 35.6 Å². The van der Waals surface area contributed by atoms with E-state index in [1.54, 1.807) is 0 Å². The molecule has 2 heterocycles. The molecule has 19 heavy (non-hydrogen) atoms. The lowest BCUT2D eigenvalue weighted by atomic mass is 10.0. The summed E-state index contributed by atoms with van der Waals surface area (Å²) < 4.78 is 0. The number of carbonyl (C=O) groups is 1. The lowest BCUT2D eigenvalue weighted by Gasteiger charge is -2.34. The van der Waals surface area contributed by atoms with Gasteiger partial charge in [-0.25, -0.2) is 0 Å². The highest BCUT2D eigenvalue weighted by atomic mass is 16.2. The predicted octanol–water partition coefficient (Wildman–Crippen LogP) is 1.32. The molecule has 4 nitrogen and oxygen atoms in total. The molecule has 0 radical (unpaired) electrons. The molecule has 2 aliphatic rings. The number of carbonyl (C=O) groups excluding carboxylic acids is 1. The van der Waals surface area contributed by atoms with E-state index >= 15 is 0 Å². The van der Waals surface area contributed by atoms with E-state index in [2.05, 4.69) is 29.0 Å². The zero-order valence-corrected chi connectivity index (χ0v) is 12.5. The molecule has 0 aromatic carbocycles. The average molecular weight is 267 g/mol. The number of piperidine rings is 1. The van der Waals surface area contributed by atoms with Crippen molar-refractivity contribution in [2.24, 2.45) is 5.92 Å². The van der Waals surface area contributed by atoms with E-state index in [-0.39, 0.29) is 0 Å². The van der Waals surface area contributed by atoms with Crippen molar-refractivity contribution in [3.63, 3.8) is 0 Å². The zero-order valence-electron chi connectivity index (χ0n) is 12.5. The van der Waals surface area contributed by atoms with Crippen molar-refractivity contribution in [1.82, 2.24) is 15.1 Å². The van der Waals surface area contributed by atoms with Crippen molar-refractivity contribution in [2.45, 2.75) is 45.6 Å². The summed E-state index contributed by atoms with van der Waals surface area (Å²) in [5.41, 5.74) is 0. The molecule has 2 aliphatic heterocycles. The molecule has 110 valence electrons. The molecule has 4 heteroatoms. The van der Waals surface area contributed by atoms with Crippen LogP contribution in [0.25, 0.3) is 0 Å². The Balaban J connectivity index is 1.86.